The predicted octanol–water partition coefficient (Wildman–Crippen LogP) is 4.11. The fraction of sp³-hybridized carbons (Fsp3) is 1.00. The smallest absolute Gasteiger partial charge is 0.383 e. The Morgan fingerprint density at radius 1 is 1.00 bits per heavy atom. The van der Waals surface area contributed by atoms with Crippen molar-refractivity contribution in [1.29, 1.82) is 0 Å². The van der Waals surface area contributed by atoms with Crippen molar-refractivity contribution < 1.29 is 8.85 Å². The van der Waals surface area contributed by atoms with Gasteiger partial charge in [-0.3, -0.25) is 4.98 Å². The Bertz CT molecular complexity index is 222. The van der Waals surface area contributed by atoms with Crippen LogP contribution in [0.15, 0.2) is 0 Å². The Hall–Kier alpha value is 0.0969. The van der Waals surface area contributed by atoms with Gasteiger partial charge in [0.2, 0.25) is 0 Å². The summed E-state index contributed by atoms with van der Waals surface area (Å²) in [6.07, 6.45) is 8.74. The molecule has 0 unspecified atom stereocenters. The van der Waals surface area contributed by atoms with Gasteiger partial charge < -0.3 is 8.85 Å². The molecule has 1 rings (SSSR count). The minimum absolute atomic E-state index is 0.433. The first kappa shape index (κ1) is 17.1. The van der Waals surface area contributed by atoms with Crippen molar-refractivity contribution in [2.75, 3.05) is 13.2 Å². The average molecular weight is 288 g/mol. The van der Waals surface area contributed by atoms with E-state index in [0.717, 1.165) is 26.1 Å². The minimum Gasteiger partial charge on any atom is -0.383 e. The first-order valence-corrected chi connectivity index (χ1v) is 10.1. The van der Waals surface area contributed by atoms with Crippen molar-refractivity contribution in [3.05, 3.63) is 0 Å². The van der Waals surface area contributed by atoms with Crippen molar-refractivity contribution in [2.24, 2.45) is 0 Å². The molecular formula is C15H33NO2Si. The van der Waals surface area contributed by atoms with Crippen LogP contribution in [0.5, 0.6) is 0 Å². The largest absolute Gasteiger partial charge is 0.428 e. The monoisotopic (exact) mass is 287 g/mol. The van der Waals surface area contributed by atoms with E-state index in [0.29, 0.717) is 11.6 Å². The molecule has 0 spiro atoms. The molecule has 0 bridgehead atoms. The third-order valence-electron chi connectivity index (χ3n) is 3.67. The third-order valence-corrected chi connectivity index (χ3v) is 7.57. The maximum atomic E-state index is 6.34. The maximum absolute atomic E-state index is 6.34. The van der Waals surface area contributed by atoms with Crippen molar-refractivity contribution in [2.45, 2.75) is 84.2 Å². The highest BCUT2D eigenvalue weighted by Crippen LogP contribution is 2.37. The van der Waals surface area contributed by atoms with Crippen LogP contribution in [-0.2, 0) is 8.85 Å². The van der Waals surface area contributed by atoms with Gasteiger partial charge >= 0.3 is 8.72 Å². The predicted molar refractivity (Wildman–Crippen MR) is 83.3 cm³/mol. The number of nitrogens with one attached hydrogen (secondary N) is 1. The van der Waals surface area contributed by atoms with Crippen LogP contribution < -0.4 is 4.98 Å². The second-order valence-electron chi connectivity index (χ2n) is 6.00. The molecule has 0 aromatic heterocycles. The van der Waals surface area contributed by atoms with Crippen molar-refractivity contribution in [3.8, 4) is 0 Å². The zero-order valence-corrected chi connectivity index (χ0v) is 14.3. The molecule has 114 valence electrons. The standard InChI is InChI=1S/C15H33NO2Si/c1-5-12-17-19(16-14(3)4,18-13-6-2)15-10-8-7-9-11-15/h14-16H,5-13H2,1-4H3. The highest BCUT2D eigenvalue weighted by atomic mass is 28.4. The summed E-state index contributed by atoms with van der Waals surface area (Å²) in [6.45, 7) is 10.4. The molecule has 1 N–H and O–H groups in total. The van der Waals surface area contributed by atoms with Gasteiger partial charge in [0.1, 0.15) is 0 Å². The molecule has 0 heterocycles. The molecule has 19 heavy (non-hydrogen) atoms. The molecular weight excluding hydrogens is 254 g/mol. The van der Waals surface area contributed by atoms with Gasteiger partial charge in [0.15, 0.2) is 0 Å². The molecule has 0 saturated heterocycles. The zero-order valence-electron chi connectivity index (χ0n) is 13.3. The summed E-state index contributed by atoms with van der Waals surface area (Å²) in [6, 6.07) is 0.433. The Morgan fingerprint density at radius 3 is 1.95 bits per heavy atom. The summed E-state index contributed by atoms with van der Waals surface area (Å²) in [5.74, 6) is 0. The van der Waals surface area contributed by atoms with Crippen molar-refractivity contribution in [3.63, 3.8) is 0 Å². The van der Waals surface area contributed by atoms with Crippen molar-refractivity contribution in [1.82, 2.24) is 4.98 Å². The van der Waals surface area contributed by atoms with E-state index in [1.54, 1.807) is 0 Å². The molecule has 1 fully saturated rings. The van der Waals surface area contributed by atoms with Gasteiger partial charge in [0.25, 0.3) is 0 Å². The maximum Gasteiger partial charge on any atom is 0.428 e. The summed E-state index contributed by atoms with van der Waals surface area (Å²) < 4.78 is 12.7. The van der Waals surface area contributed by atoms with Crippen molar-refractivity contribution >= 4 is 8.72 Å². The van der Waals surface area contributed by atoms with E-state index in [2.05, 4.69) is 32.7 Å². The summed E-state index contributed by atoms with van der Waals surface area (Å²) in [5, 5.41) is 0. The fourth-order valence-electron chi connectivity index (χ4n) is 2.87. The number of hydrogen-bond acceptors (Lipinski definition) is 3. The summed E-state index contributed by atoms with van der Waals surface area (Å²) in [4.78, 5) is 3.73. The third kappa shape index (κ3) is 5.54. The van der Waals surface area contributed by atoms with Crippen LogP contribution in [0.3, 0.4) is 0 Å². The Morgan fingerprint density at radius 2 is 1.53 bits per heavy atom. The second kappa shape index (κ2) is 9.11. The molecule has 3 nitrogen and oxygen atoms in total. The summed E-state index contributed by atoms with van der Waals surface area (Å²) in [5.41, 5.74) is 0.627. The fourth-order valence-corrected chi connectivity index (χ4v) is 6.82. The quantitative estimate of drug-likeness (QED) is 0.647. The second-order valence-corrected chi connectivity index (χ2v) is 9.02. The lowest BCUT2D eigenvalue weighted by molar-refractivity contribution is 0.137. The molecule has 1 aliphatic carbocycles. The van der Waals surface area contributed by atoms with E-state index < -0.39 is 8.72 Å². The SMILES string of the molecule is CCCO[Si](NC(C)C)(OCCC)C1CCCCC1. The van der Waals surface area contributed by atoms with Crippen LogP contribution in [0.25, 0.3) is 0 Å². The summed E-state index contributed by atoms with van der Waals surface area (Å²) in [7, 11) is -2.25. The van der Waals surface area contributed by atoms with Gasteiger partial charge in [-0.15, -0.1) is 0 Å². The molecule has 0 radical (unpaired) electrons. The topological polar surface area (TPSA) is 30.5 Å². The number of rotatable bonds is 9. The van der Waals surface area contributed by atoms with Gasteiger partial charge in [0, 0.05) is 18.8 Å². The average Bonchev–Trinajstić information content (AvgIpc) is 2.42. The summed E-state index contributed by atoms with van der Waals surface area (Å²) >= 11 is 0. The van der Waals surface area contributed by atoms with E-state index >= 15 is 0 Å². The highest BCUT2D eigenvalue weighted by molar-refractivity contribution is 6.66. The first-order chi connectivity index (χ1) is 9.14. The van der Waals surface area contributed by atoms with Gasteiger partial charge in [-0.25, -0.2) is 0 Å². The van der Waals surface area contributed by atoms with E-state index in [9.17, 15) is 0 Å². The Labute approximate surface area is 120 Å². The van der Waals surface area contributed by atoms with Crippen LogP contribution in [0, 0.1) is 0 Å². The van der Waals surface area contributed by atoms with Gasteiger partial charge in [-0.05, 0) is 31.7 Å². The lowest BCUT2D eigenvalue weighted by atomic mass is 10.0. The van der Waals surface area contributed by atoms with E-state index in [1.165, 1.54) is 32.1 Å². The van der Waals surface area contributed by atoms with Crippen LogP contribution in [-0.4, -0.2) is 28.0 Å². The lowest BCUT2D eigenvalue weighted by Gasteiger charge is -2.40. The minimum atomic E-state index is -2.25. The van der Waals surface area contributed by atoms with Crippen LogP contribution in [0.2, 0.25) is 5.54 Å². The van der Waals surface area contributed by atoms with E-state index in [-0.39, 0.29) is 0 Å². The first-order valence-electron chi connectivity index (χ1n) is 8.20. The van der Waals surface area contributed by atoms with Crippen LogP contribution in [0.4, 0.5) is 0 Å². The molecule has 1 saturated carbocycles. The lowest BCUT2D eigenvalue weighted by Crippen LogP contribution is -2.62. The normalized spacial score (nSPS) is 18.2. The van der Waals surface area contributed by atoms with Gasteiger partial charge in [0.05, 0.1) is 0 Å². The van der Waals surface area contributed by atoms with Gasteiger partial charge in [-0.1, -0.05) is 47.0 Å². The Balaban J connectivity index is 2.79. The van der Waals surface area contributed by atoms with Gasteiger partial charge in [-0.2, -0.15) is 0 Å². The highest BCUT2D eigenvalue weighted by Gasteiger charge is 2.47. The molecule has 1 aliphatic rings. The number of hydrogen-bond donors (Lipinski definition) is 1. The van der Waals surface area contributed by atoms with E-state index in [1.807, 2.05) is 0 Å². The molecule has 0 aromatic carbocycles. The molecule has 0 aromatic rings. The van der Waals surface area contributed by atoms with Crippen LogP contribution >= 0.6 is 0 Å². The molecule has 0 atom stereocenters. The molecule has 4 heteroatoms. The van der Waals surface area contributed by atoms with Crippen LogP contribution in [0.1, 0.15) is 72.6 Å². The molecule has 0 amide bonds. The van der Waals surface area contributed by atoms with E-state index in [4.69, 9.17) is 8.85 Å². The zero-order chi connectivity index (χ0) is 14.1. The molecule has 0 aliphatic heterocycles. The Kier molecular flexibility index (Phi) is 8.22.